The van der Waals surface area contributed by atoms with E-state index in [0.29, 0.717) is 0 Å². The summed E-state index contributed by atoms with van der Waals surface area (Å²) in [6, 6.07) is 9.87. The van der Waals surface area contributed by atoms with Crippen molar-refractivity contribution < 1.29 is 0 Å². The second-order valence-corrected chi connectivity index (χ2v) is 3.88. The quantitative estimate of drug-likeness (QED) is 0.736. The van der Waals surface area contributed by atoms with Crippen molar-refractivity contribution in [3.05, 3.63) is 35.4 Å². The molecule has 3 heteroatoms. The number of rotatable bonds is 6. The van der Waals surface area contributed by atoms with E-state index in [2.05, 4.69) is 30.3 Å². The Morgan fingerprint density at radius 2 is 2.25 bits per heavy atom. The molecule has 0 unspecified atom stereocenters. The molecule has 0 heterocycles. The zero-order valence-corrected chi connectivity index (χ0v) is 10.0. The molecule has 0 saturated heterocycles. The Morgan fingerprint density at radius 1 is 1.44 bits per heavy atom. The van der Waals surface area contributed by atoms with Gasteiger partial charge in [0.2, 0.25) is 0 Å². The van der Waals surface area contributed by atoms with Crippen molar-refractivity contribution in [1.29, 1.82) is 5.26 Å². The zero-order valence-electron chi connectivity index (χ0n) is 10.0. The van der Waals surface area contributed by atoms with Gasteiger partial charge in [-0.2, -0.15) is 5.26 Å². The highest BCUT2D eigenvalue weighted by Crippen LogP contribution is 2.03. The normalized spacial score (nSPS) is 10.4. The fourth-order valence-corrected chi connectivity index (χ4v) is 1.41. The first-order valence-corrected chi connectivity index (χ1v) is 5.64. The molecule has 86 valence electrons. The summed E-state index contributed by atoms with van der Waals surface area (Å²) < 4.78 is 0. The van der Waals surface area contributed by atoms with Crippen LogP contribution in [0.15, 0.2) is 24.3 Å². The molecule has 0 saturated carbocycles. The van der Waals surface area contributed by atoms with E-state index < -0.39 is 0 Å². The van der Waals surface area contributed by atoms with Gasteiger partial charge in [-0.3, -0.25) is 0 Å². The number of hydrogen-bond donors (Lipinski definition) is 1. The topological polar surface area (TPSA) is 39.1 Å². The zero-order chi connectivity index (χ0) is 11.8. The van der Waals surface area contributed by atoms with Crippen LogP contribution < -0.4 is 5.32 Å². The van der Waals surface area contributed by atoms with Gasteiger partial charge in [-0.25, -0.2) is 0 Å². The van der Waals surface area contributed by atoms with Gasteiger partial charge in [0.1, 0.15) is 0 Å². The molecule has 0 atom stereocenters. The molecule has 1 aromatic carbocycles. The molecule has 3 nitrogen and oxygen atoms in total. The van der Waals surface area contributed by atoms with Crippen LogP contribution in [0.1, 0.15) is 18.1 Å². The Kier molecular flexibility index (Phi) is 5.55. The highest BCUT2D eigenvalue weighted by atomic mass is 15.1. The molecule has 16 heavy (non-hydrogen) atoms. The van der Waals surface area contributed by atoms with Gasteiger partial charge in [0, 0.05) is 19.6 Å². The molecule has 0 fully saturated rings. The minimum atomic E-state index is 0.727. The second kappa shape index (κ2) is 7.00. The van der Waals surface area contributed by atoms with Gasteiger partial charge < -0.3 is 10.2 Å². The van der Waals surface area contributed by atoms with E-state index in [1.165, 1.54) is 5.56 Å². The molecule has 0 radical (unpaired) electrons. The van der Waals surface area contributed by atoms with Gasteiger partial charge in [0.25, 0.3) is 0 Å². The Morgan fingerprint density at radius 3 is 2.94 bits per heavy atom. The molecular weight excluding hydrogens is 198 g/mol. The lowest BCUT2D eigenvalue weighted by molar-refractivity contribution is 0.349. The first-order valence-electron chi connectivity index (χ1n) is 5.64. The van der Waals surface area contributed by atoms with E-state index >= 15 is 0 Å². The maximum Gasteiger partial charge on any atom is 0.0991 e. The van der Waals surface area contributed by atoms with Gasteiger partial charge in [-0.05, 0) is 31.3 Å². The van der Waals surface area contributed by atoms with E-state index in [4.69, 9.17) is 5.26 Å². The van der Waals surface area contributed by atoms with Gasteiger partial charge in [-0.1, -0.05) is 19.1 Å². The van der Waals surface area contributed by atoms with Gasteiger partial charge >= 0.3 is 0 Å². The molecule has 0 amide bonds. The van der Waals surface area contributed by atoms with Crippen molar-refractivity contribution in [2.45, 2.75) is 13.5 Å². The summed E-state index contributed by atoms with van der Waals surface area (Å²) in [7, 11) is 2.11. The molecule has 0 aliphatic carbocycles. The average molecular weight is 217 g/mol. The maximum atomic E-state index is 8.76. The molecule has 0 aromatic heterocycles. The lowest BCUT2D eigenvalue weighted by Crippen LogP contribution is -2.28. The van der Waals surface area contributed by atoms with Crippen molar-refractivity contribution in [3.8, 4) is 6.07 Å². The maximum absolute atomic E-state index is 8.76. The van der Waals surface area contributed by atoms with Gasteiger partial charge in [0.15, 0.2) is 0 Å². The molecule has 0 aliphatic heterocycles. The summed E-state index contributed by atoms with van der Waals surface area (Å²) in [4.78, 5) is 2.26. The second-order valence-electron chi connectivity index (χ2n) is 3.88. The van der Waals surface area contributed by atoms with Gasteiger partial charge in [-0.15, -0.1) is 0 Å². The largest absolute Gasteiger partial charge is 0.311 e. The molecule has 0 aliphatic rings. The molecule has 1 rings (SSSR count). The molecule has 0 spiro atoms. The number of hydrogen-bond acceptors (Lipinski definition) is 3. The van der Waals surface area contributed by atoms with Crippen molar-refractivity contribution >= 4 is 0 Å². The Bertz CT molecular complexity index is 354. The number of nitriles is 1. The first-order chi connectivity index (χ1) is 7.76. The summed E-state index contributed by atoms with van der Waals surface area (Å²) in [5.41, 5.74) is 1.89. The third-order valence-electron chi connectivity index (χ3n) is 2.60. The van der Waals surface area contributed by atoms with Crippen LogP contribution in [0, 0.1) is 11.3 Å². The van der Waals surface area contributed by atoms with E-state index in [-0.39, 0.29) is 0 Å². The summed E-state index contributed by atoms with van der Waals surface area (Å²) >= 11 is 0. The monoisotopic (exact) mass is 217 g/mol. The van der Waals surface area contributed by atoms with Crippen LogP contribution in [-0.4, -0.2) is 31.6 Å². The van der Waals surface area contributed by atoms with Crippen molar-refractivity contribution in [2.75, 3.05) is 26.7 Å². The van der Waals surface area contributed by atoms with Crippen molar-refractivity contribution in [2.24, 2.45) is 0 Å². The minimum Gasteiger partial charge on any atom is -0.311 e. The predicted molar refractivity (Wildman–Crippen MR) is 66.0 cm³/mol. The van der Waals surface area contributed by atoms with Gasteiger partial charge in [0.05, 0.1) is 11.6 Å². The van der Waals surface area contributed by atoms with Crippen LogP contribution in [0.5, 0.6) is 0 Å². The standard InChI is InChI=1S/C13H19N3/c1-3-16(2)8-7-15-11-13-6-4-5-12(9-13)10-14/h4-6,9,15H,3,7-8,11H2,1-2H3. The first kappa shape index (κ1) is 12.7. The highest BCUT2D eigenvalue weighted by Gasteiger charge is 1.96. The number of nitrogens with one attached hydrogen (secondary N) is 1. The summed E-state index contributed by atoms with van der Waals surface area (Å²) in [5, 5.41) is 12.1. The molecule has 1 N–H and O–H groups in total. The Labute approximate surface area is 97.7 Å². The third-order valence-corrected chi connectivity index (χ3v) is 2.60. The van der Waals surface area contributed by atoms with Crippen LogP contribution >= 0.6 is 0 Å². The fourth-order valence-electron chi connectivity index (χ4n) is 1.41. The van der Waals surface area contributed by atoms with E-state index in [9.17, 15) is 0 Å². The fraction of sp³-hybridized carbons (Fsp3) is 0.462. The molecule has 0 bridgehead atoms. The van der Waals surface area contributed by atoms with Crippen molar-refractivity contribution in [3.63, 3.8) is 0 Å². The summed E-state index contributed by atoms with van der Waals surface area (Å²) in [6.07, 6.45) is 0. The van der Waals surface area contributed by atoms with Crippen LogP contribution in [0.4, 0.5) is 0 Å². The summed E-state index contributed by atoms with van der Waals surface area (Å²) in [5.74, 6) is 0. The third kappa shape index (κ3) is 4.43. The minimum absolute atomic E-state index is 0.727. The smallest absolute Gasteiger partial charge is 0.0991 e. The Balaban J connectivity index is 2.29. The van der Waals surface area contributed by atoms with Crippen molar-refractivity contribution in [1.82, 2.24) is 10.2 Å². The SMILES string of the molecule is CCN(C)CCNCc1cccc(C#N)c1. The number of nitrogens with zero attached hydrogens (tertiary/aromatic N) is 2. The van der Waals surface area contributed by atoms with Crippen LogP contribution in [-0.2, 0) is 6.54 Å². The molecule has 1 aromatic rings. The number of likely N-dealkylation sites (N-methyl/N-ethyl adjacent to an activating group) is 1. The van der Waals surface area contributed by atoms with Crippen LogP contribution in [0.3, 0.4) is 0 Å². The van der Waals surface area contributed by atoms with Crippen LogP contribution in [0.2, 0.25) is 0 Å². The predicted octanol–water partition coefficient (Wildman–Crippen LogP) is 1.60. The molecular formula is C13H19N3. The van der Waals surface area contributed by atoms with E-state index in [1.807, 2.05) is 24.3 Å². The van der Waals surface area contributed by atoms with E-state index in [1.54, 1.807) is 0 Å². The Hall–Kier alpha value is -1.37. The lowest BCUT2D eigenvalue weighted by atomic mass is 10.1. The lowest BCUT2D eigenvalue weighted by Gasteiger charge is -2.13. The van der Waals surface area contributed by atoms with E-state index in [0.717, 1.165) is 31.7 Å². The number of benzene rings is 1. The van der Waals surface area contributed by atoms with Crippen LogP contribution in [0.25, 0.3) is 0 Å². The highest BCUT2D eigenvalue weighted by molar-refractivity contribution is 5.32. The average Bonchev–Trinajstić information content (AvgIpc) is 2.34. The summed E-state index contributed by atoms with van der Waals surface area (Å²) in [6.45, 7) is 6.07.